The Labute approximate surface area is 145 Å². The first-order valence-corrected chi connectivity index (χ1v) is 8.50. The summed E-state index contributed by atoms with van der Waals surface area (Å²) in [5.41, 5.74) is 10.5. The van der Waals surface area contributed by atoms with E-state index >= 15 is 0 Å². The highest BCUT2D eigenvalue weighted by molar-refractivity contribution is 5.73. The maximum Gasteiger partial charge on any atom is -0.0152 e. The summed E-state index contributed by atoms with van der Waals surface area (Å²) in [6, 6.07) is 22.0. The van der Waals surface area contributed by atoms with Crippen molar-refractivity contribution in [2.24, 2.45) is 0 Å². The van der Waals surface area contributed by atoms with Crippen molar-refractivity contribution in [2.45, 2.75) is 27.7 Å². The summed E-state index contributed by atoms with van der Waals surface area (Å²) in [6.07, 6.45) is 4.19. The molecule has 3 aromatic carbocycles. The van der Waals surface area contributed by atoms with E-state index in [-0.39, 0.29) is 0 Å². The molecule has 24 heavy (non-hydrogen) atoms. The quantitative estimate of drug-likeness (QED) is 0.489. The van der Waals surface area contributed by atoms with Gasteiger partial charge in [0, 0.05) is 0 Å². The molecule has 0 bridgehead atoms. The highest BCUT2D eigenvalue weighted by atomic mass is 14.1. The van der Waals surface area contributed by atoms with Crippen LogP contribution in [0.25, 0.3) is 28.3 Å². The Morgan fingerprint density at radius 2 is 1.12 bits per heavy atom. The summed E-state index contributed by atoms with van der Waals surface area (Å²) in [7, 11) is 0. The van der Waals surface area contributed by atoms with Gasteiger partial charge >= 0.3 is 0 Å². The van der Waals surface area contributed by atoms with E-state index in [4.69, 9.17) is 0 Å². The van der Waals surface area contributed by atoms with Crippen LogP contribution < -0.4 is 0 Å². The van der Waals surface area contributed by atoms with Crippen LogP contribution in [0.2, 0.25) is 0 Å². The largest absolute Gasteiger partial charge is 0.0871 e. The summed E-state index contributed by atoms with van der Waals surface area (Å²) in [5, 5.41) is 0. The van der Waals surface area contributed by atoms with Crippen LogP contribution in [0, 0.1) is 20.8 Å². The van der Waals surface area contributed by atoms with Crippen LogP contribution >= 0.6 is 0 Å². The fourth-order valence-corrected chi connectivity index (χ4v) is 3.09. The molecule has 0 aromatic heterocycles. The summed E-state index contributed by atoms with van der Waals surface area (Å²) in [6.45, 7) is 8.63. The lowest BCUT2D eigenvalue weighted by atomic mass is 9.93. The number of hydrogen-bond donors (Lipinski definition) is 0. The van der Waals surface area contributed by atoms with Gasteiger partial charge in [-0.05, 0) is 72.2 Å². The second-order valence-electron chi connectivity index (χ2n) is 6.38. The average Bonchev–Trinajstić information content (AvgIpc) is 2.61. The van der Waals surface area contributed by atoms with Crippen molar-refractivity contribution in [3.05, 3.63) is 89.0 Å². The minimum absolute atomic E-state index is 1.24. The highest BCUT2D eigenvalue weighted by Crippen LogP contribution is 2.29. The van der Waals surface area contributed by atoms with Gasteiger partial charge in [-0.1, -0.05) is 72.8 Å². The number of benzene rings is 3. The van der Waals surface area contributed by atoms with Crippen LogP contribution in [0.1, 0.15) is 29.2 Å². The molecule has 0 nitrogen and oxygen atoms in total. The Hall–Kier alpha value is -2.60. The number of hydrogen-bond acceptors (Lipinski definition) is 0. The van der Waals surface area contributed by atoms with E-state index in [0.717, 1.165) is 0 Å². The molecular weight excluding hydrogens is 288 g/mol. The van der Waals surface area contributed by atoms with E-state index in [1.165, 1.54) is 44.5 Å². The second kappa shape index (κ2) is 6.88. The summed E-state index contributed by atoms with van der Waals surface area (Å²) >= 11 is 0. The first-order chi connectivity index (χ1) is 11.6. The Bertz CT molecular complexity index is 863. The first kappa shape index (κ1) is 16.3. The molecule has 0 heterocycles. The molecule has 0 radical (unpaired) electrons. The molecule has 0 aliphatic heterocycles. The molecule has 0 aliphatic rings. The number of aryl methyl sites for hydroxylation is 1. The maximum atomic E-state index is 2.23. The Morgan fingerprint density at radius 1 is 0.583 bits per heavy atom. The third-order valence-corrected chi connectivity index (χ3v) is 4.86. The predicted molar refractivity (Wildman–Crippen MR) is 106 cm³/mol. The first-order valence-electron chi connectivity index (χ1n) is 8.50. The van der Waals surface area contributed by atoms with Crippen molar-refractivity contribution in [2.75, 3.05) is 0 Å². The molecule has 0 aliphatic carbocycles. The maximum absolute atomic E-state index is 2.23. The molecule has 0 fully saturated rings. The van der Waals surface area contributed by atoms with Crippen LogP contribution in [-0.4, -0.2) is 0 Å². The van der Waals surface area contributed by atoms with Crippen molar-refractivity contribution in [3.63, 3.8) is 0 Å². The van der Waals surface area contributed by atoms with E-state index in [1.807, 2.05) is 6.92 Å². The topological polar surface area (TPSA) is 0 Å². The normalized spacial score (nSPS) is 11.2. The zero-order valence-electron chi connectivity index (χ0n) is 14.9. The van der Waals surface area contributed by atoms with E-state index in [0.29, 0.717) is 0 Å². The van der Waals surface area contributed by atoms with Gasteiger partial charge in [0.1, 0.15) is 0 Å². The Morgan fingerprint density at radius 3 is 1.71 bits per heavy atom. The van der Waals surface area contributed by atoms with Crippen molar-refractivity contribution >= 4 is 6.08 Å². The third kappa shape index (κ3) is 3.19. The van der Waals surface area contributed by atoms with E-state index in [1.54, 1.807) is 0 Å². The standard InChI is InChI=1S/C24H24/c1-5-6-20-8-10-21(11-9-20)22-12-14-23(15-13-22)24-16-7-17(2)18(3)19(24)4/h5-16H,1-4H3/b6-5+. The SMILES string of the molecule is C/C=C/c1ccc(-c2ccc(-c3ccc(C)c(C)c3C)cc2)cc1. The van der Waals surface area contributed by atoms with E-state index < -0.39 is 0 Å². The van der Waals surface area contributed by atoms with Crippen molar-refractivity contribution in [1.82, 2.24) is 0 Å². The molecular formula is C24H24. The van der Waals surface area contributed by atoms with E-state index in [9.17, 15) is 0 Å². The van der Waals surface area contributed by atoms with Crippen LogP contribution in [0.5, 0.6) is 0 Å². The highest BCUT2D eigenvalue weighted by Gasteiger charge is 2.06. The molecule has 0 spiro atoms. The fraction of sp³-hybridized carbons (Fsp3) is 0.167. The minimum Gasteiger partial charge on any atom is -0.0871 e. The van der Waals surface area contributed by atoms with Crippen LogP contribution in [0.3, 0.4) is 0 Å². The summed E-state index contributed by atoms with van der Waals surface area (Å²) in [4.78, 5) is 0. The van der Waals surface area contributed by atoms with Gasteiger partial charge < -0.3 is 0 Å². The van der Waals surface area contributed by atoms with Crippen molar-refractivity contribution in [1.29, 1.82) is 0 Å². The van der Waals surface area contributed by atoms with Gasteiger partial charge in [-0.2, -0.15) is 0 Å². The molecule has 3 rings (SSSR count). The van der Waals surface area contributed by atoms with Gasteiger partial charge in [0.25, 0.3) is 0 Å². The summed E-state index contributed by atoms with van der Waals surface area (Å²) in [5.74, 6) is 0. The molecule has 3 aromatic rings. The molecule has 0 unspecified atom stereocenters. The monoisotopic (exact) mass is 312 g/mol. The average molecular weight is 312 g/mol. The minimum atomic E-state index is 1.24. The fourth-order valence-electron chi connectivity index (χ4n) is 3.09. The zero-order chi connectivity index (χ0) is 17.1. The Balaban J connectivity index is 1.92. The van der Waals surface area contributed by atoms with E-state index in [2.05, 4.69) is 93.6 Å². The molecule has 0 amide bonds. The van der Waals surface area contributed by atoms with Gasteiger partial charge in [-0.25, -0.2) is 0 Å². The lowest BCUT2D eigenvalue weighted by molar-refractivity contribution is 1.27. The smallest absolute Gasteiger partial charge is 0.0152 e. The lowest BCUT2D eigenvalue weighted by Gasteiger charge is -2.12. The molecule has 0 saturated carbocycles. The summed E-state index contributed by atoms with van der Waals surface area (Å²) < 4.78 is 0. The van der Waals surface area contributed by atoms with Gasteiger partial charge in [0.2, 0.25) is 0 Å². The van der Waals surface area contributed by atoms with Gasteiger partial charge in [-0.15, -0.1) is 0 Å². The van der Waals surface area contributed by atoms with Crippen LogP contribution in [0.4, 0.5) is 0 Å². The molecule has 0 atom stereocenters. The molecule has 0 saturated heterocycles. The van der Waals surface area contributed by atoms with Crippen molar-refractivity contribution in [3.8, 4) is 22.3 Å². The molecule has 0 N–H and O–H groups in total. The number of allylic oxidation sites excluding steroid dienone is 1. The van der Waals surface area contributed by atoms with Crippen molar-refractivity contribution < 1.29 is 0 Å². The molecule has 0 heteroatoms. The second-order valence-corrected chi connectivity index (χ2v) is 6.38. The predicted octanol–water partition coefficient (Wildman–Crippen LogP) is 6.98. The zero-order valence-corrected chi connectivity index (χ0v) is 14.9. The lowest BCUT2D eigenvalue weighted by Crippen LogP contribution is -1.90. The Kier molecular flexibility index (Phi) is 4.66. The van der Waals surface area contributed by atoms with Crippen LogP contribution in [0.15, 0.2) is 66.7 Å². The molecule has 120 valence electrons. The van der Waals surface area contributed by atoms with Gasteiger partial charge in [-0.3, -0.25) is 0 Å². The third-order valence-electron chi connectivity index (χ3n) is 4.86. The van der Waals surface area contributed by atoms with Crippen LogP contribution in [-0.2, 0) is 0 Å². The van der Waals surface area contributed by atoms with Gasteiger partial charge in [0.15, 0.2) is 0 Å². The number of rotatable bonds is 3. The van der Waals surface area contributed by atoms with Gasteiger partial charge in [0.05, 0.1) is 0 Å².